The van der Waals surface area contributed by atoms with Gasteiger partial charge in [-0.05, 0) is 41.5 Å². The van der Waals surface area contributed by atoms with E-state index in [0.29, 0.717) is 34.3 Å². The van der Waals surface area contributed by atoms with Gasteiger partial charge in [0.05, 0.1) is 23.0 Å². The van der Waals surface area contributed by atoms with Crippen molar-refractivity contribution >= 4 is 22.8 Å². The molecule has 4 aromatic rings. The minimum Gasteiger partial charge on any atom is -0.454 e. The van der Waals surface area contributed by atoms with E-state index in [0.717, 1.165) is 11.1 Å². The van der Waals surface area contributed by atoms with Gasteiger partial charge in [0.25, 0.3) is 11.5 Å². The Kier molecular flexibility index (Phi) is 5.22. The Labute approximate surface area is 189 Å². The molecule has 1 atom stereocenters. The Morgan fingerprint density at radius 3 is 2.64 bits per heavy atom. The predicted octanol–water partition coefficient (Wildman–Crippen LogP) is 3.65. The van der Waals surface area contributed by atoms with Crippen LogP contribution in [0.25, 0.3) is 10.9 Å². The van der Waals surface area contributed by atoms with E-state index in [4.69, 9.17) is 4.74 Å². The number of carbonyl (C=O) groups is 2. The smallest absolute Gasteiger partial charge is 0.339 e. The van der Waals surface area contributed by atoms with Crippen molar-refractivity contribution in [3.8, 4) is 0 Å². The third kappa shape index (κ3) is 4.01. The number of aromatic amines is 1. The van der Waals surface area contributed by atoms with Crippen LogP contribution in [0.3, 0.4) is 0 Å². The second kappa shape index (κ2) is 8.35. The number of ether oxygens (including phenoxy) is 1. The number of aromatic nitrogens is 2. The molecular weight excluding hydrogens is 418 g/mol. The first-order valence-corrected chi connectivity index (χ1v) is 10.6. The Morgan fingerprint density at radius 1 is 1.06 bits per heavy atom. The molecular formula is C26H21N3O4. The summed E-state index contributed by atoms with van der Waals surface area (Å²) in [6, 6.07) is 21.6. The zero-order valence-corrected chi connectivity index (χ0v) is 17.9. The molecule has 164 valence electrons. The van der Waals surface area contributed by atoms with E-state index in [2.05, 4.69) is 9.97 Å². The molecule has 0 spiro atoms. The van der Waals surface area contributed by atoms with Crippen LogP contribution in [0.15, 0.2) is 77.6 Å². The lowest BCUT2D eigenvalue weighted by Crippen LogP contribution is -2.29. The SMILES string of the molecule is CN(Cc1nc2ccccc2c(=O)[nH]1)C(=O)c1ccc2c(c1)C[C@@H](c1ccccc1)OC2=O. The molecule has 0 saturated heterocycles. The molecule has 7 nitrogen and oxygen atoms in total. The number of esters is 1. The number of cyclic esters (lactones) is 1. The largest absolute Gasteiger partial charge is 0.454 e. The molecule has 1 aromatic heterocycles. The Balaban J connectivity index is 1.38. The molecule has 7 heteroatoms. The van der Waals surface area contributed by atoms with Gasteiger partial charge >= 0.3 is 5.97 Å². The lowest BCUT2D eigenvalue weighted by atomic mass is 9.93. The average molecular weight is 439 g/mol. The summed E-state index contributed by atoms with van der Waals surface area (Å²) in [5.41, 5.74) is 2.96. The van der Waals surface area contributed by atoms with Crippen LogP contribution in [-0.2, 0) is 17.7 Å². The number of nitrogens with zero attached hydrogens (tertiary/aromatic N) is 2. The van der Waals surface area contributed by atoms with E-state index in [1.807, 2.05) is 36.4 Å². The van der Waals surface area contributed by atoms with Crippen molar-refractivity contribution < 1.29 is 14.3 Å². The third-order valence-electron chi connectivity index (χ3n) is 5.79. The number of hydrogen-bond acceptors (Lipinski definition) is 5. The highest BCUT2D eigenvalue weighted by Gasteiger charge is 2.28. The summed E-state index contributed by atoms with van der Waals surface area (Å²) in [6.07, 6.45) is 0.108. The van der Waals surface area contributed by atoms with Crippen molar-refractivity contribution in [2.45, 2.75) is 19.1 Å². The summed E-state index contributed by atoms with van der Waals surface area (Å²) in [7, 11) is 1.65. The van der Waals surface area contributed by atoms with Gasteiger partial charge in [-0.25, -0.2) is 9.78 Å². The summed E-state index contributed by atoms with van der Waals surface area (Å²) in [5, 5.41) is 0.504. The molecule has 1 aliphatic rings. The highest BCUT2D eigenvalue weighted by Crippen LogP contribution is 2.31. The summed E-state index contributed by atoms with van der Waals surface area (Å²) in [6.45, 7) is 0.144. The first-order chi connectivity index (χ1) is 16.0. The van der Waals surface area contributed by atoms with Crippen LogP contribution < -0.4 is 5.56 Å². The van der Waals surface area contributed by atoms with Crippen molar-refractivity contribution in [2.24, 2.45) is 0 Å². The van der Waals surface area contributed by atoms with Gasteiger partial charge in [0.1, 0.15) is 11.9 Å². The maximum absolute atomic E-state index is 13.1. The molecule has 33 heavy (non-hydrogen) atoms. The van der Waals surface area contributed by atoms with Crippen LogP contribution in [0.5, 0.6) is 0 Å². The fourth-order valence-electron chi connectivity index (χ4n) is 4.11. The van der Waals surface area contributed by atoms with Gasteiger partial charge in [0.2, 0.25) is 0 Å². The second-order valence-corrected chi connectivity index (χ2v) is 8.07. The van der Waals surface area contributed by atoms with Crippen molar-refractivity contribution in [2.75, 3.05) is 7.05 Å². The maximum atomic E-state index is 13.1. The van der Waals surface area contributed by atoms with Gasteiger partial charge in [0.15, 0.2) is 0 Å². The van der Waals surface area contributed by atoms with E-state index in [-0.39, 0.29) is 24.1 Å². The number of rotatable bonds is 4. The number of amides is 1. The lowest BCUT2D eigenvalue weighted by molar-refractivity contribution is 0.0252. The average Bonchev–Trinajstić information content (AvgIpc) is 2.83. The van der Waals surface area contributed by atoms with E-state index in [9.17, 15) is 14.4 Å². The number of benzene rings is 3. The fraction of sp³-hybridized carbons (Fsp3) is 0.154. The standard InChI is InChI=1S/C26H21N3O4/c1-29(15-23-27-21-10-6-5-9-20(21)24(30)28-23)25(31)17-11-12-19-18(13-17)14-22(33-26(19)32)16-7-3-2-4-8-16/h2-13,22H,14-15H2,1H3,(H,27,28,30)/t22-/m0/s1. The summed E-state index contributed by atoms with van der Waals surface area (Å²) in [5.74, 6) is -0.223. The number of hydrogen-bond donors (Lipinski definition) is 1. The third-order valence-corrected chi connectivity index (χ3v) is 5.79. The summed E-state index contributed by atoms with van der Waals surface area (Å²) < 4.78 is 5.60. The van der Waals surface area contributed by atoms with Crippen LogP contribution >= 0.6 is 0 Å². The first kappa shape index (κ1) is 20.6. The molecule has 0 saturated carbocycles. The normalized spacial score (nSPS) is 15.1. The zero-order chi connectivity index (χ0) is 22.9. The Hall–Kier alpha value is -4.26. The molecule has 1 N–H and O–H groups in total. The van der Waals surface area contributed by atoms with E-state index in [1.54, 1.807) is 43.4 Å². The highest BCUT2D eigenvalue weighted by molar-refractivity contribution is 5.97. The van der Waals surface area contributed by atoms with Crippen molar-refractivity contribution in [1.29, 1.82) is 0 Å². The van der Waals surface area contributed by atoms with Crippen LogP contribution in [0.1, 0.15) is 43.8 Å². The van der Waals surface area contributed by atoms with Crippen LogP contribution in [0, 0.1) is 0 Å². The molecule has 0 fully saturated rings. The Morgan fingerprint density at radius 2 is 1.82 bits per heavy atom. The van der Waals surface area contributed by atoms with Gasteiger partial charge in [-0.3, -0.25) is 9.59 Å². The molecule has 3 aromatic carbocycles. The van der Waals surface area contributed by atoms with Gasteiger partial charge in [-0.2, -0.15) is 0 Å². The van der Waals surface area contributed by atoms with Crippen LogP contribution in [0.4, 0.5) is 0 Å². The van der Waals surface area contributed by atoms with Gasteiger partial charge in [-0.15, -0.1) is 0 Å². The molecule has 2 heterocycles. The second-order valence-electron chi connectivity index (χ2n) is 8.07. The maximum Gasteiger partial charge on any atom is 0.339 e. The molecule has 0 unspecified atom stereocenters. The quantitative estimate of drug-likeness (QED) is 0.490. The number of carbonyl (C=O) groups excluding carboxylic acids is 2. The predicted molar refractivity (Wildman–Crippen MR) is 123 cm³/mol. The summed E-state index contributed by atoms with van der Waals surface area (Å²) in [4.78, 5) is 46.6. The highest BCUT2D eigenvalue weighted by atomic mass is 16.5. The van der Waals surface area contributed by atoms with Crippen molar-refractivity contribution in [1.82, 2.24) is 14.9 Å². The van der Waals surface area contributed by atoms with Crippen LogP contribution in [-0.4, -0.2) is 33.8 Å². The van der Waals surface area contributed by atoms with Gasteiger partial charge < -0.3 is 14.6 Å². The van der Waals surface area contributed by atoms with Crippen LogP contribution in [0.2, 0.25) is 0 Å². The zero-order valence-electron chi connectivity index (χ0n) is 17.9. The summed E-state index contributed by atoms with van der Waals surface area (Å²) >= 11 is 0. The number of fused-ring (bicyclic) bond motifs is 2. The first-order valence-electron chi connectivity index (χ1n) is 10.6. The molecule has 1 amide bonds. The van der Waals surface area contributed by atoms with Gasteiger partial charge in [-0.1, -0.05) is 42.5 Å². The monoisotopic (exact) mass is 439 g/mol. The molecule has 0 aliphatic carbocycles. The molecule has 5 rings (SSSR count). The lowest BCUT2D eigenvalue weighted by Gasteiger charge is -2.26. The minimum absolute atomic E-state index is 0.144. The van der Waals surface area contributed by atoms with E-state index in [1.165, 1.54) is 4.90 Å². The minimum atomic E-state index is -0.393. The number of H-pyrrole nitrogens is 1. The Bertz CT molecular complexity index is 1430. The van der Waals surface area contributed by atoms with E-state index >= 15 is 0 Å². The topological polar surface area (TPSA) is 92.4 Å². The van der Waals surface area contributed by atoms with E-state index < -0.39 is 5.97 Å². The molecule has 1 aliphatic heterocycles. The number of para-hydroxylation sites is 1. The molecule has 0 bridgehead atoms. The van der Waals surface area contributed by atoms with Crippen molar-refractivity contribution in [3.05, 3.63) is 111 Å². The number of nitrogens with one attached hydrogen (secondary N) is 1. The molecule has 0 radical (unpaired) electrons. The fourth-order valence-corrected chi connectivity index (χ4v) is 4.11. The van der Waals surface area contributed by atoms with Crippen molar-refractivity contribution in [3.63, 3.8) is 0 Å². The van der Waals surface area contributed by atoms with Gasteiger partial charge in [0, 0.05) is 19.0 Å².